The maximum atomic E-state index is 13.0. The summed E-state index contributed by atoms with van der Waals surface area (Å²) in [5.41, 5.74) is 1.07. The van der Waals surface area contributed by atoms with E-state index in [4.69, 9.17) is 0 Å². The molecule has 2 aromatic carbocycles. The van der Waals surface area contributed by atoms with Crippen LogP contribution in [0.15, 0.2) is 36.4 Å². The van der Waals surface area contributed by atoms with Gasteiger partial charge in [-0.3, -0.25) is 9.59 Å². The topological polar surface area (TPSA) is 88.9 Å². The van der Waals surface area contributed by atoms with Crippen LogP contribution >= 0.6 is 0 Å². The third-order valence-corrected chi connectivity index (χ3v) is 6.16. The van der Waals surface area contributed by atoms with Gasteiger partial charge in [0.2, 0.25) is 5.91 Å². The lowest BCUT2D eigenvalue weighted by Crippen LogP contribution is -2.28. The van der Waals surface area contributed by atoms with Crippen molar-refractivity contribution in [3.8, 4) is 0 Å². The van der Waals surface area contributed by atoms with Crippen LogP contribution in [0.3, 0.4) is 0 Å². The minimum atomic E-state index is -0.188. The fourth-order valence-corrected chi connectivity index (χ4v) is 4.23. The van der Waals surface area contributed by atoms with Crippen molar-refractivity contribution in [2.75, 3.05) is 11.9 Å². The SMILES string of the molecule is O=C(NCCc1nnc2n1CCCCC2)c1cc2ccccc2cc1NC(=O)C1CC1. The van der Waals surface area contributed by atoms with Gasteiger partial charge in [-0.2, -0.15) is 0 Å². The van der Waals surface area contributed by atoms with Crippen molar-refractivity contribution in [1.82, 2.24) is 20.1 Å². The van der Waals surface area contributed by atoms with E-state index in [-0.39, 0.29) is 17.7 Å². The number of amides is 2. The molecule has 2 heterocycles. The van der Waals surface area contributed by atoms with Crippen LogP contribution in [-0.2, 0) is 24.2 Å². The summed E-state index contributed by atoms with van der Waals surface area (Å²) < 4.78 is 2.20. The molecular weight excluding hydrogens is 390 g/mol. The predicted molar refractivity (Wildman–Crippen MR) is 119 cm³/mol. The normalized spacial score (nSPS) is 15.9. The molecule has 1 fully saturated rings. The molecule has 0 bridgehead atoms. The number of hydrogen-bond acceptors (Lipinski definition) is 4. The molecule has 1 aromatic heterocycles. The quantitative estimate of drug-likeness (QED) is 0.643. The summed E-state index contributed by atoms with van der Waals surface area (Å²) in [6.07, 6.45) is 6.97. The van der Waals surface area contributed by atoms with Gasteiger partial charge in [0.1, 0.15) is 11.6 Å². The highest BCUT2D eigenvalue weighted by atomic mass is 16.2. The Morgan fingerprint density at radius 1 is 1.03 bits per heavy atom. The number of hydrogen-bond donors (Lipinski definition) is 2. The number of aromatic nitrogens is 3. The van der Waals surface area contributed by atoms with E-state index >= 15 is 0 Å². The Kier molecular flexibility index (Phi) is 5.40. The number of nitrogens with zero attached hydrogens (tertiary/aromatic N) is 3. The number of aryl methyl sites for hydroxylation is 1. The average molecular weight is 418 g/mol. The first kappa shape index (κ1) is 19.7. The number of benzene rings is 2. The second kappa shape index (κ2) is 8.49. The summed E-state index contributed by atoms with van der Waals surface area (Å²) in [6.45, 7) is 1.42. The van der Waals surface area contributed by atoms with Gasteiger partial charge in [0.15, 0.2) is 0 Å². The van der Waals surface area contributed by atoms with Crippen molar-refractivity contribution in [1.29, 1.82) is 0 Å². The van der Waals surface area contributed by atoms with Crippen LogP contribution < -0.4 is 10.6 Å². The fourth-order valence-electron chi connectivity index (χ4n) is 4.23. The average Bonchev–Trinajstić information content (AvgIpc) is 3.59. The third-order valence-electron chi connectivity index (χ3n) is 6.16. The molecule has 2 N–H and O–H groups in total. The molecule has 31 heavy (non-hydrogen) atoms. The highest BCUT2D eigenvalue weighted by Gasteiger charge is 2.30. The number of anilines is 1. The van der Waals surface area contributed by atoms with Crippen LogP contribution in [0, 0.1) is 5.92 Å². The Morgan fingerprint density at radius 3 is 2.65 bits per heavy atom. The predicted octanol–water partition coefficient (Wildman–Crippen LogP) is 3.48. The van der Waals surface area contributed by atoms with Gasteiger partial charge in [-0.15, -0.1) is 10.2 Å². The van der Waals surface area contributed by atoms with Crippen LogP contribution in [0.5, 0.6) is 0 Å². The van der Waals surface area contributed by atoms with Gasteiger partial charge in [0, 0.05) is 31.8 Å². The van der Waals surface area contributed by atoms with Crippen molar-refractivity contribution >= 4 is 28.3 Å². The van der Waals surface area contributed by atoms with Crippen LogP contribution in [0.4, 0.5) is 5.69 Å². The number of carbonyl (C=O) groups excluding carboxylic acids is 2. The lowest BCUT2D eigenvalue weighted by Gasteiger charge is -2.13. The molecule has 5 rings (SSSR count). The standard InChI is InChI=1S/C24H27N5O2/c30-23(16-9-10-16)26-20-15-18-7-4-3-6-17(18)14-19(20)24(31)25-12-11-22-28-27-21-8-2-1-5-13-29(21)22/h3-4,6-7,14-16H,1-2,5,8-13H2,(H,25,31)(H,26,30). The number of fused-ring (bicyclic) bond motifs is 2. The zero-order chi connectivity index (χ0) is 21.2. The molecule has 0 unspecified atom stereocenters. The maximum Gasteiger partial charge on any atom is 0.253 e. The zero-order valence-corrected chi connectivity index (χ0v) is 17.6. The fraction of sp³-hybridized carbons (Fsp3) is 0.417. The van der Waals surface area contributed by atoms with Crippen molar-refractivity contribution in [2.24, 2.45) is 5.92 Å². The minimum Gasteiger partial charge on any atom is -0.352 e. The Balaban J connectivity index is 1.31. The molecule has 0 radical (unpaired) electrons. The third kappa shape index (κ3) is 4.31. The summed E-state index contributed by atoms with van der Waals surface area (Å²) in [4.78, 5) is 25.4. The van der Waals surface area contributed by atoms with Crippen molar-refractivity contribution < 1.29 is 9.59 Å². The van der Waals surface area contributed by atoms with Crippen LogP contribution in [-0.4, -0.2) is 33.1 Å². The van der Waals surface area contributed by atoms with Crippen molar-refractivity contribution in [3.63, 3.8) is 0 Å². The molecule has 2 amide bonds. The first-order valence-electron chi connectivity index (χ1n) is 11.2. The first-order valence-corrected chi connectivity index (χ1v) is 11.2. The molecule has 0 saturated heterocycles. The smallest absolute Gasteiger partial charge is 0.253 e. The molecule has 0 atom stereocenters. The molecule has 2 aliphatic rings. The molecule has 7 heteroatoms. The van der Waals surface area contributed by atoms with Gasteiger partial charge in [0.05, 0.1) is 11.3 Å². The largest absolute Gasteiger partial charge is 0.352 e. The minimum absolute atomic E-state index is 0.00418. The summed E-state index contributed by atoms with van der Waals surface area (Å²) in [5, 5.41) is 16.6. The van der Waals surface area contributed by atoms with E-state index in [0.717, 1.165) is 61.1 Å². The molecular formula is C24H27N5O2. The summed E-state index contributed by atoms with van der Waals surface area (Å²) >= 11 is 0. The first-order chi connectivity index (χ1) is 15.2. The maximum absolute atomic E-state index is 13.0. The van der Waals surface area contributed by atoms with Crippen LogP contribution in [0.25, 0.3) is 10.8 Å². The van der Waals surface area contributed by atoms with Crippen molar-refractivity contribution in [3.05, 3.63) is 53.6 Å². The number of nitrogens with one attached hydrogen (secondary N) is 2. The van der Waals surface area contributed by atoms with Gasteiger partial charge in [0.25, 0.3) is 5.91 Å². The second-order valence-electron chi connectivity index (χ2n) is 8.51. The van der Waals surface area contributed by atoms with E-state index in [1.54, 1.807) is 0 Å². The number of carbonyl (C=O) groups is 2. The van der Waals surface area contributed by atoms with E-state index in [1.165, 1.54) is 6.42 Å². The molecule has 0 spiro atoms. The van der Waals surface area contributed by atoms with Crippen molar-refractivity contribution in [2.45, 2.75) is 51.5 Å². The Labute approximate surface area is 181 Å². The molecule has 1 aliphatic heterocycles. The zero-order valence-electron chi connectivity index (χ0n) is 17.6. The lowest BCUT2D eigenvalue weighted by atomic mass is 10.0. The van der Waals surface area contributed by atoms with Gasteiger partial charge in [-0.1, -0.05) is 30.7 Å². The van der Waals surface area contributed by atoms with Crippen LogP contribution in [0.2, 0.25) is 0 Å². The van der Waals surface area contributed by atoms with E-state index in [0.29, 0.717) is 24.2 Å². The molecule has 7 nitrogen and oxygen atoms in total. The van der Waals surface area contributed by atoms with E-state index in [9.17, 15) is 9.59 Å². The van der Waals surface area contributed by atoms with Crippen LogP contribution in [0.1, 0.15) is 54.1 Å². The van der Waals surface area contributed by atoms with E-state index in [2.05, 4.69) is 25.4 Å². The summed E-state index contributed by atoms with van der Waals surface area (Å²) in [7, 11) is 0. The van der Waals surface area contributed by atoms with E-state index < -0.39 is 0 Å². The van der Waals surface area contributed by atoms with Gasteiger partial charge in [-0.25, -0.2) is 0 Å². The molecule has 1 aliphatic carbocycles. The summed E-state index contributed by atoms with van der Waals surface area (Å²) in [6, 6.07) is 11.6. The Hall–Kier alpha value is -3.22. The van der Waals surface area contributed by atoms with Gasteiger partial charge < -0.3 is 15.2 Å². The Bertz CT molecular complexity index is 1130. The number of rotatable bonds is 6. The molecule has 1 saturated carbocycles. The van der Waals surface area contributed by atoms with Gasteiger partial charge in [-0.05, 0) is 48.6 Å². The Morgan fingerprint density at radius 2 is 1.84 bits per heavy atom. The van der Waals surface area contributed by atoms with Gasteiger partial charge >= 0.3 is 0 Å². The molecule has 3 aromatic rings. The molecule has 160 valence electrons. The summed E-state index contributed by atoms with van der Waals surface area (Å²) in [5.74, 6) is 1.87. The lowest BCUT2D eigenvalue weighted by molar-refractivity contribution is -0.117. The highest BCUT2D eigenvalue weighted by molar-refractivity contribution is 6.08. The monoisotopic (exact) mass is 417 g/mol. The van der Waals surface area contributed by atoms with E-state index in [1.807, 2.05) is 36.4 Å². The highest BCUT2D eigenvalue weighted by Crippen LogP contribution is 2.32. The second-order valence-corrected chi connectivity index (χ2v) is 8.51.